The Morgan fingerprint density at radius 2 is 2.22 bits per heavy atom. The Morgan fingerprint density at radius 1 is 1.50 bits per heavy atom. The van der Waals surface area contributed by atoms with Crippen molar-refractivity contribution in [2.45, 2.75) is 6.42 Å². The average Bonchev–Trinajstić information content (AvgIpc) is 2.70. The second-order valence-electron chi connectivity index (χ2n) is 4.21. The van der Waals surface area contributed by atoms with Crippen molar-refractivity contribution in [3.63, 3.8) is 0 Å². The Labute approximate surface area is 112 Å². The van der Waals surface area contributed by atoms with E-state index in [1.807, 2.05) is 0 Å². The van der Waals surface area contributed by atoms with Crippen LogP contribution in [-0.2, 0) is 4.79 Å². The maximum atomic E-state index is 11.8. The molecule has 1 aromatic carbocycles. The molecule has 1 aliphatic rings. The molecule has 96 valence electrons. The van der Waals surface area contributed by atoms with Gasteiger partial charge in [-0.2, -0.15) is 0 Å². The molecule has 5 nitrogen and oxygen atoms in total. The number of carbonyl (C=O) groups is 2. The second kappa shape index (κ2) is 4.97. The van der Waals surface area contributed by atoms with Crippen molar-refractivity contribution in [3.8, 4) is 5.75 Å². The molecule has 1 heterocycles. The van der Waals surface area contributed by atoms with Crippen LogP contribution in [0.2, 0.25) is 0 Å². The van der Waals surface area contributed by atoms with Gasteiger partial charge in [-0.05, 0) is 18.1 Å². The van der Waals surface area contributed by atoms with Crippen molar-refractivity contribution in [2.24, 2.45) is 5.92 Å². The molecule has 0 bridgehead atoms. The molecule has 0 spiro atoms. The number of carboxylic acids is 1. The number of hydrogen-bond acceptors (Lipinski definition) is 3. The predicted octanol–water partition coefficient (Wildman–Crippen LogP) is 1.84. The van der Waals surface area contributed by atoms with Crippen LogP contribution in [0.5, 0.6) is 5.75 Å². The first kappa shape index (κ1) is 12.9. The number of carbonyl (C=O) groups excluding carboxylic acids is 1. The van der Waals surface area contributed by atoms with Crippen LogP contribution in [0.4, 0.5) is 5.69 Å². The number of carboxylic acid groups (broad SMARTS) is 1. The maximum Gasteiger partial charge on any atom is 0.339 e. The van der Waals surface area contributed by atoms with Gasteiger partial charge in [0.15, 0.2) is 5.75 Å². The zero-order chi connectivity index (χ0) is 13.3. The Balaban J connectivity index is 2.37. The Kier molecular flexibility index (Phi) is 3.56. The van der Waals surface area contributed by atoms with Crippen molar-refractivity contribution >= 4 is 33.5 Å². The SMILES string of the molecule is O=C(O)c1cccc(N2CC(CBr)CC2=O)c1O. The molecular formula is C12H12BrNO4. The number of amides is 1. The minimum Gasteiger partial charge on any atom is -0.505 e. The molecule has 0 aromatic heterocycles. The molecule has 1 saturated heterocycles. The minimum absolute atomic E-state index is 0.0997. The van der Waals surface area contributed by atoms with Crippen LogP contribution < -0.4 is 4.90 Å². The van der Waals surface area contributed by atoms with Gasteiger partial charge < -0.3 is 15.1 Å². The molecule has 1 fully saturated rings. The van der Waals surface area contributed by atoms with Crippen LogP contribution in [0.25, 0.3) is 0 Å². The van der Waals surface area contributed by atoms with Gasteiger partial charge in [0.05, 0.1) is 5.69 Å². The largest absolute Gasteiger partial charge is 0.505 e. The molecular weight excluding hydrogens is 302 g/mol. The van der Waals surface area contributed by atoms with Gasteiger partial charge in [0, 0.05) is 18.3 Å². The third kappa shape index (κ3) is 2.20. The molecule has 18 heavy (non-hydrogen) atoms. The lowest BCUT2D eigenvalue weighted by Gasteiger charge is -2.18. The summed E-state index contributed by atoms with van der Waals surface area (Å²) in [5, 5.41) is 19.5. The monoisotopic (exact) mass is 313 g/mol. The van der Waals surface area contributed by atoms with E-state index in [1.54, 1.807) is 6.07 Å². The Hall–Kier alpha value is -1.56. The molecule has 0 aliphatic carbocycles. The third-order valence-corrected chi connectivity index (χ3v) is 3.87. The molecule has 1 unspecified atom stereocenters. The Bertz CT molecular complexity index is 503. The van der Waals surface area contributed by atoms with Crippen molar-refractivity contribution in [1.29, 1.82) is 0 Å². The van der Waals surface area contributed by atoms with Gasteiger partial charge in [-0.1, -0.05) is 22.0 Å². The first-order chi connectivity index (χ1) is 8.54. The number of alkyl halides is 1. The maximum absolute atomic E-state index is 11.8. The highest BCUT2D eigenvalue weighted by Gasteiger charge is 2.32. The van der Waals surface area contributed by atoms with Crippen molar-refractivity contribution in [2.75, 3.05) is 16.8 Å². The van der Waals surface area contributed by atoms with Gasteiger partial charge >= 0.3 is 5.97 Å². The van der Waals surface area contributed by atoms with Gasteiger partial charge in [-0.15, -0.1) is 0 Å². The summed E-state index contributed by atoms with van der Waals surface area (Å²) in [5.74, 6) is -1.48. The van der Waals surface area contributed by atoms with E-state index in [-0.39, 0.29) is 28.8 Å². The zero-order valence-corrected chi connectivity index (χ0v) is 11.1. The summed E-state index contributed by atoms with van der Waals surface area (Å²) in [4.78, 5) is 24.2. The topological polar surface area (TPSA) is 77.8 Å². The van der Waals surface area contributed by atoms with Gasteiger partial charge in [0.2, 0.25) is 5.91 Å². The van der Waals surface area contributed by atoms with Gasteiger partial charge in [0.1, 0.15) is 5.56 Å². The van der Waals surface area contributed by atoms with E-state index in [0.29, 0.717) is 18.3 Å². The molecule has 1 aliphatic heterocycles. The zero-order valence-electron chi connectivity index (χ0n) is 9.47. The highest BCUT2D eigenvalue weighted by Crippen LogP contribution is 2.35. The molecule has 0 saturated carbocycles. The third-order valence-electron chi connectivity index (χ3n) is 2.96. The van der Waals surface area contributed by atoms with Gasteiger partial charge in [-0.3, -0.25) is 4.79 Å². The van der Waals surface area contributed by atoms with Crippen LogP contribution in [-0.4, -0.2) is 34.0 Å². The second-order valence-corrected chi connectivity index (χ2v) is 4.85. The number of halogens is 1. The quantitative estimate of drug-likeness (QED) is 0.835. The number of rotatable bonds is 3. The van der Waals surface area contributed by atoms with E-state index in [1.165, 1.54) is 17.0 Å². The lowest BCUT2D eigenvalue weighted by atomic mass is 10.1. The summed E-state index contributed by atoms with van der Waals surface area (Å²) in [5.41, 5.74) is 0.0749. The summed E-state index contributed by atoms with van der Waals surface area (Å²) in [7, 11) is 0. The first-order valence-electron chi connectivity index (χ1n) is 5.46. The van der Waals surface area contributed by atoms with Crippen molar-refractivity contribution in [1.82, 2.24) is 0 Å². The number of phenols is 1. The summed E-state index contributed by atoms with van der Waals surface area (Å²) in [6.07, 6.45) is 0.405. The fourth-order valence-electron chi connectivity index (χ4n) is 2.04. The smallest absolute Gasteiger partial charge is 0.339 e. The number of aromatic carboxylic acids is 1. The number of nitrogens with zero attached hydrogens (tertiary/aromatic N) is 1. The fourth-order valence-corrected chi connectivity index (χ4v) is 2.47. The van der Waals surface area contributed by atoms with Gasteiger partial charge in [0.25, 0.3) is 0 Å². The van der Waals surface area contributed by atoms with Crippen LogP contribution in [0.1, 0.15) is 16.8 Å². The standard InChI is InChI=1S/C12H12BrNO4/c13-5-7-4-10(15)14(6-7)9-3-1-2-8(11(9)16)12(17)18/h1-3,7,16H,4-6H2,(H,17,18). The Morgan fingerprint density at radius 3 is 2.78 bits per heavy atom. The van der Waals surface area contributed by atoms with Gasteiger partial charge in [-0.25, -0.2) is 4.79 Å². The number of aromatic hydroxyl groups is 1. The van der Waals surface area contributed by atoms with E-state index in [4.69, 9.17) is 5.11 Å². The fraction of sp³-hybridized carbons (Fsp3) is 0.333. The van der Waals surface area contributed by atoms with Crippen LogP contribution in [0, 0.1) is 5.92 Å². The molecule has 6 heteroatoms. The van der Waals surface area contributed by atoms with Crippen LogP contribution >= 0.6 is 15.9 Å². The molecule has 2 rings (SSSR count). The average molecular weight is 314 g/mol. The summed E-state index contributed by atoms with van der Waals surface area (Å²) >= 11 is 3.32. The van der Waals surface area contributed by atoms with Crippen LogP contribution in [0.15, 0.2) is 18.2 Å². The van der Waals surface area contributed by atoms with E-state index >= 15 is 0 Å². The van der Waals surface area contributed by atoms with E-state index in [2.05, 4.69) is 15.9 Å². The molecule has 1 amide bonds. The highest BCUT2D eigenvalue weighted by atomic mass is 79.9. The number of anilines is 1. The molecule has 0 radical (unpaired) electrons. The predicted molar refractivity (Wildman–Crippen MR) is 69.3 cm³/mol. The molecule has 1 atom stereocenters. The summed E-state index contributed by atoms with van der Waals surface area (Å²) < 4.78 is 0. The molecule has 1 aromatic rings. The van der Waals surface area contributed by atoms with Crippen molar-refractivity contribution in [3.05, 3.63) is 23.8 Å². The van der Waals surface area contributed by atoms with E-state index in [0.717, 1.165) is 0 Å². The highest BCUT2D eigenvalue weighted by molar-refractivity contribution is 9.09. The normalized spacial score (nSPS) is 19.3. The van der Waals surface area contributed by atoms with Crippen molar-refractivity contribution < 1.29 is 19.8 Å². The lowest BCUT2D eigenvalue weighted by molar-refractivity contribution is -0.117. The van der Waals surface area contributed by atoms with E-state index < -0.39 is 5.97 Å². The number of hydrogen-bond donors (Lipinski definition) is 2. The lowest BCUT2D eigenvalue weighted by Crippen LogP contribution is -2.25. The molecule has 2 N–H and O–H groups in total. The first-order valence-corrected chi connectivity index (χ1v) is 6.58. The number of para-hydroxylation sites is 1. The minimum atomic E-state index is -1.21. The summed E-state index contributed by atoms with van der Waals surface area (Å²) in [6, 6.07) is 4.38. The summed E-state index contributed by atoms with van der Waals surface area (Å²) in [6.45, 7) is 0.487. The number of benzene rings is 1. The van der Waals surface area contributed by atoms with Crippen LogP contribution in [0.3, 0.4) is 0 Å². The van der Waals surface area contributed by atoms with E-state index in [9.17, 15) is 14.7 Å².